The molecule has 0 aliphatic rings. The number of hydrogen-bond acceptors (Lipinski definition) is 4. The third-order valence-corrected chi connectivity index (χ3v) is 3.59. The van der Waals surface area contributed by atoms with Gasteiger partial charge in [-0.3, -0.25) is 0 Å². The zero-order valence-corrected chi connectivity index (χ0v) is 12.0. The Morgan fingerprint density at radius 3 is 2.72 bits per heavy atom. The largest absolute Gasteiger partial charge is 0.370 e. The Balaban J connectivity index is 2.42. The second-order valence-corrected chi connectivity index (χ2v) is 5.04. The number of anilines is 1. The van der Waals surface area contributed by atoms with Gasteiger partial charge in [0.1, 0.15) is 5.82 Å². The van der Waals surface area contributed by atoms with Gasteiger partial charge in [-0.05, 0) is 31.2 Å². The number of thiophene rings is 1. The monoisotopic (exact) mass is 261 g/mol. The molecule has 96 valence electrons. The minimum atomic E-state index is 0.831. The first kappa shape index (κ1) is 13.0. The summed E-state index contributed by atoms with van der Waals surface area (Å²) in [7, 11) is 0. The van der Waals surface area contributed by atoms with Crippen LogP contribution in [0.25, 0.3) is 11.4 Å². The van der Waals surface area contributed by atoms with Crippen LogP contribution in [0.15, 0.2) is 16.8 Å². The van der Waals surface area contributed by atoms with E-state index in [2.05, 4.69) is 52.9 Å². The molecule has 2 rings (SSSR count). The third-order valence-electron chi connectivity index (χ3n) is 2.90. The number of aryl methyl sites for hydroxylation is 1. The number of nitrogens with one attached hydrogen (secondary N) is 1. The summed E-state index contributed by atoms with van der Waals surface area (Å²) in [5.41, 5.74) is 3.41. The second kappa shape index (κ2) is 5.96. The quantitative estimate of drug-likeness (QED) is 0.887. The topological polar surface area (TPSA) is 37.8 Å². The zero-order valence-electron chi connectivity index (χ0n) is 11.2. The van der Waals surface area contributed by atoms with Crippen LogP contribution < -0.4 is 5.32 Å². The first-order chi connectivity index (χ1) is 8.76. The van der Waals surface area contributed by atoms with Crippen LogP contribution in [0, 0.1) is 6.92 Å². The van der Waals surface area contributed by atoms with Crippen LogP contribution in [0.3, 0.4) is 0 Å². The third kappa shape index (κ3) is 2.70. The number of nitrogens with zero attached hydrogens (tertiary/aromatic N) is 2. The molecule has 0 spiro atoms. The molecule has 1 N–H and O–H groups in total. The molecule has 0 aliphatic heterocycles. The van der Waals surface area contributed by atoms with Crippen LogP contribution in [-0.2, 0) is 6.42 Å². The fourth-order valence-electron chi connectivity index (χ4n) is 1.84. The summed E-state index contributed by atoms with van der Waals surface area (Å²) in [6.45, 7) is 7.33. The van der Waals surface area contributed by atoms with Crippen LogP contribution >= 0.6 is 11.3 Å². The standard InChI is InChI=1S/C14H19N3S/c1-4-7-15-13-10(3)12(5-2)16-14(17-13)11-6-8-18-9-11/h6,8-9H,4-5,7H2,1-3H3,(H,15,16,17). The Kier molecular flexibility index (Phi) is 4.31. The van der Waals surface area contributed by atoms with E-state index < -0.39 is 0 Å². The van der Waals surface area contributed by atoms with E-state index in [0.29, 0.717) is 0 Å². The number of rotatable bonds is 5. The van der Waals surface area contributed by atoms with Crippen LogP contribution in [0.5, 0.6) is 0 Å². The van der Waals surface area contributed by atoms with Gasteiger partial charge in [0, 0.05) is 28.7 Å². The van der Waals surface area contributed by atoms with Gasteiger partial charge in [0.15, 0.2) is 5.82 Å². The fraction of sp³-hybridized carbons (Fsp3) is 0.429. The van der Waals surface area contributed by atoms with E-state index in [9.17, 15) is 0 Å². The van der Waals surface area contributed by atoms with E-state index in [1.807, 2.05) is 0 Å². The molecule has 0 amide bonds. The highest BCUT2D eigenvalue weighted by molar-refractivity contribution is 7.08. The maximum atomic E-state index is 4.66. The van der Waals surface area contributed by atoms with E-state index in [4.69, 9.17) is 0 Å². The fourth-order valence-corrected chi connectivity index (χ4v) is 2.48. The minimum absolute atomic E-state index is 0.831. The molecule has 0 aromatic carbocycles. The van der Waals surface area contributed by atoms with E-state index in [1.54, 1.807) is 11.3 Å². The summed E-state index contributed by atoms with van der Waals surface area (Å²) >= 11 is 1.68. The average Bonchev–Trinajstić information content (AvgIpc) is 2.91. The molecule has 0 unspecified atom stereocenters. The van der Waals surface area contributed by atoms with Gasteiger partial charge >= 0.3 is 0 Å². The van der Waals surface area contributed by atoms with Crippen molar-refractivity contribution in [3.8, 4) is 11.4 Å². The molecule has 0 radical (unpaired) electrons. The van der Waals surface area contributed by atoms with Crippen molar-refractivity contribution < 1.29 is 0 Å². The Labute approximate surface area is 112 Å². The van der Waals surface area contributed by atoms with Crippen molar-refractivity contribution >= 4 is 17.2 Å². The van der Waals surface area contributed by atoms with Crippen LogP contribution in [0.1, 0.15) is 31.5 Å². The predicted molar refractivity (Wildman–Crippen MR) is 78.2 cm³/mol. The van der Waals surface area contributed by atoms with E-state index in [-0.39, 0.29) is 0 Å². The van der Waals surface area contributed by atoms with Gasteiger partial charge in [-0.25, -0.2) is 9.97 Å². The highest BCUT2D eigenvalue weighted by atomic mass is 32.1. The normalized spacial score (nSPS) is 10.6. The van der Waals surface area contributed by atoms with Crippen molar-refractivity contribution in [3.63, 3.8) is 0 Å². The molecule has 2 aromatic heterocycles. The Hall–Kier alpha value is -1.42. The molecule has 0 aliphatic carbocycles. The maximum absolute atomic E-state index is 4.66. The first-order valence-electron chi connectivity index (χ1n) is 6.40. The Morgan fingerprint density at radius 1 is 1.28 bits per heavy atom. The van der Waals surface area contributed by atoms with Crippen LogP contribution in [-0.4, -0.2) is 16.5 Å². The van der Waals surface area contributed by atoms with Gasteiger partial charge in [0.05, 0.1) is 0 Å². The van der Waals surface area contributed by atoms with Crippen molar-refractivity contribution in [3.05, 3.63) is 28.1 Å². The summed E-state index contributed by atoms with van der Waals surface area (Å²) in [5.74, 6) is 1.81. The second-order valence-electron chi connectivity index (χ2n) is 4.26. The molecule has 0 atom stereocenters. The molecule has 0 fully saturated rings. The van der Waals surface area contributed by atoms with Crippen molar-refractivity contribution in [1.82, 2.24) is 9.97 Å². The minimum Gasteiger partial charge on any atom is -0.370 e. The Bertz CT molecular complexity index is 506. The van der Waals surface area contributed by atoms with Crippen molar-refractivity contribution in [2.45, 2.75) is 33.6 Å². The lowest BCUT2D eigenvalue weighted by atomic mass is 10.1. The molecule has 0 saturated carbocycles. The maximum Gasteiger partial charge on any atom is 0.162 e. The number of aromatic nitrogens is 2. The summed E-state index contributed by atoms with van der Waals surface area (Å²) in [4.78, 5) is 9.30. The van der Waals surface area contributed by atoms with Gasteiger partial charge in [0.25, 0.3) is 0 Å². The smallest absolute Gasteiger partial charge is 0.162 e. The molecule has 3 nitrogen and oxygen atoms in total. The molecular weight excluding hydrogens is 242 g/mol. The predicted octanol–water partition coefficient (Wildman–Crippen LogP) is 3.90. The highest BCUT2D eigenvalue weighted by Gasteiger charge is 2.10. The summed E-state index contributed by atoms with van der Waals surface area (Å²) in [6.07, 6.45) is 2.03. The van der Waals surface area contributed by atoms with Gasteiger partial charge in [-0.2, -0.15) is 11.3 Å². The van der Waals surface area contributed by atoms with Gasteiger partial charge in [-0.1, -0.05) is 13.8 Å². The number of hydrogen-bond donors (Lipinski definition) is 1. The van der Waals surface area contributed by atoms with E-state index in [0.717, 1.165) is 42.3 Å². The molecule has 2 aromatic rings. The molecular formula is C14H19N3S. The zero-order chi connectivity index (χ0) is 13.0. The van der Waals surface area contributed by atoms with Crippen molar-refractivity contribution in [2.75, 3.05) is 11.9 Å². The summed E-state index contributed by atoms with van der Waals surface area (Å²) in [5, 5.41) is 7.54. The van der Waals surface area contributed by atoms with Crippen molar-refractivity contribution in [1.29, 1.82) is 0 Å². The molecule has 0 saturated heterocycles. The summed E-state index contributed by atoms with van der Waals surface area (Å²) < 4.78 is 0. The lowest BCUT2D eigenvalue weighted by Gasteiger charge is -2.12. The highest BCUT2D eigenvalue weighted by Crippen LogP contribution is 2.23. The lowest BCUT2D eigenvalue weighted by Crippen LogP contribution is -2.08. The molecule has 2 heterocycles. The van der Waals surface area contributed by atoms with Crippen molar-refractivity contribution in [2.24, 2.45) is 0 Å². The van der Waals surface area contributed by atoms with Crippen LogP contribution in [0.2, 0.25) is 0 Å². The Morgan fingerprint density at radius 2 is 2.11 bits per heavy atom. The van der Waals surface area contributed by atoms with Gasteiger partial charge in [-0.15, -0.1) is 0 Å². The van der Waals surface area contributed by atoms with Crippen LogP contribution in [0.4, 0.5) is 5.82 Å². The SMILES string of the molecule is CCCNc1nc(-c2ccsc2)nc(CC)c1C. The first-order valence-corrected chi connectivity index (χ1v) is 7.34. The lowest BCUT2D eigenvalue weighted by molar-refractivity contribution is 0.937. The van der Waals surface area contributed by atoms with E-state index in [1.165, 1.54) is 5.56 Å². The summed E-state index contributed by atoms with van der Waals surface area (Å²) in [6, 6.07) is 2.07. The van der Waals surface area contributed by atoms with E-state index >= 15 is 0 Å². The molecule has 0 bridgehead atoms. The average molecular weight is 261 g/mol. The molecule has 18 heavy (non-hydrogen) atoms. The van der Waals surface area contributed by atoms with Gasteiger partial charge in [0.2, 0.25) is 0 Å². The van der Waals surface area contributed by atoms with Gasteiger partial charge < -0.3 is 5.32 Å². The molecule has 4 heteroatoms.